The Balaban J connectivity index is 1.87. The van der Waals surface area contributed by atoms with E-state index in [0.717, 1.165) is 12.1 Å². The second-order valence-corrected chi connectivity index (χ2v) is 4.31. The maximum absolute atomic E-state index is 12.9. The van der Waals surface area contributed by atoms with Gasteiger partial charge in [0.2, 0.25) is 5.91 Å². The van der Waals surface area contributed by atoms with Crippen LogP contribution in [0.15, 0.2) is 18.2 Å². The van der Waals surface area contributed by atoms with Gasteiger partial charge >= 0.3 is 0 Å². The Morgan fingerprint density at radius 1 is 1.35 bits per heavy atom. The normalized spacial score (nSPS) is 23.0. The number of halogens is 2. The van der Waals surface area contributed by atoms with E-state index in [4.69, 9.17) is 5.11 Å². The van der Waals surface area contributed by atoms with Crippen molar-refractivity contribution >= 4 is 5.91 Å². The molecule has 17 heavy (non-hydrogen) atoms. The van der Waals surface area contributed by atoms with E-state index in [1.54, 1.807) is 0 Å². The van der Waals surface area contributed by atoms with E-state index in [9.17, 15) is 13.6 Å². The summed E-state index contributed by atoms with van der Waals surface area (Å²) >= 11 is 0. The van der Waals surface area contributed by atoms with Gasteiger partial charge in [0.1, 0.15) is 0 Å². The van der Waals surface area contributed by atoms with Gasteiger partial charge in [-0.25, -0.2) is 8.78 Å². The maximum Gasteiger partial charge on any atom is 0.224 e. The van der Waals surface area contributed by atoms with Gasteiger partial charge in [0.15, 0.2) is 11.6 Å². The molecule has 0 radical (unpaired) electrons. The monoisotopic (exact) mass is 241 g/mol. The van der Waals surface area contributed by atoms with Gasteiger partial charge in [-0.2, -0.15) is 0 Å². The summed E-state index contributed by atoms with van der Waals surface area (Å²) in [5.41, 5.74) is 0.432. The van der Waals surface area contributed by atoms with Crippen LogP contribution in [0.3, 0.4) is 0 Å². The van der Waals surface area contributed by atoms with Gasteiger partial charge in [-0.3, -0.25) is 4.79 Å². The number of rotatable bonds is 3. The Kier molecular flexibility index (Phi) is 3.38. The summed E-state index contributed by atoms with van der Waals surface area (Å²) < 4.78 is 25.5. The van der Waals surface area contributed by atoms with Crippen molar-refractivity contribution in [2.24, 2.45) is 0 Å². The number of carbonyl (C=O) groups is 1. The first-order chi connectivity index (χ1) is 8.04. The standard InChI is InChI=1S/C12H13F2NO2/c13-10-2-1-7(3-11(10)14)4-12(17)15-8-5-9(16)6-8/h1-3,8-9,16H,4-6H2,(H,15,17). The number of benzene rings is 1. The predicted octanol–water partition coefficient (Wildman–Crippen LogP) is 1.15. The number of aliphatic hydroxyl groups excluding tert-OH is 1. The largest absolute Gasteiger partial charge is 0.393 e. The summed E-state index contributed by atoms with van der Waals surface area (Å²) in [5, 5.41) is 11.8. The highest BCUT2D eigenvalue weighted by molar-refractivity contribution is 5.78. The molecule has 0 heterocycles. The molecule has 2 rings (SSSR count). The summed E-state index contributed by atoms with van der Waals surface area (Å²) in [5.74, 6) is -2.11. The summed E-state index contributed by atoms with van der Waals surface area (Å²) in [6, 6.07) is 3.41. The fourth-order valence-corrected chi connectivity index (χ4v) is 1.82. The van der Waals surface area contributed by atoms with Gasteiger partial charge in [0, 0.05) is 6.04 Å². The Morgan fingerprint density at radius 2 is 2.06 bits per heavy atom. The molecule has 0 aromatic heterocycles. The zero-order chi connectivity index (χ0) is 12.4. The van der Waals surface area contributed by atoms with Crippen molar-refractivity contribution in [3.8, 4) is 0 Å². The Labute approximate surface area is 97.5 Å². The number of nitrogens with one attached hydrogen (secondary N) is 1. The van der Waals surface area contributed by atoms with Crippen LogP contribution in [0.25, 0.3) is 0 Å². The van der Waals surface area contributed by atoms with Crippen molar-refractivity contribution in [2.45, 2.75) is 31.4 Å². The Hall–Kier alpha value is -1.49. The van der Waals surface area contributed by atoms with E-state index in [-0.39, 0.29) is 24.5 Å². The van der Waals surface area contributed by atoms with Gasteiger partial charge < -0.3 is 10.4 Å². The molecule has 1 aliphatic rings. The van der Waals surface area contributed by atoms with Crippen molar-refractivity contribution < 1.29 is 18.7 Å². The molecule has 0 spiro atoms. The smallest absolute Gasteiger partial charge is 0.224 e. The molecule has 0 bridgehead atoms. The van der Waals surface area contributed by atoms with Gasteiger partial charge in [-0.15, -0.1) is 0 Å². The third kappa shape index (κ3) is 3.00. The van der Waals surface area contributed by atoms with Gasteiger partial charge in [0.25, 0.3) is 0 Å². The van der Waals surface area contributed by atoms with Crippen LogP contribution in [0, 0.1) is 11.6 Å². The summed E-state index contributed by atoms with van der Waals surface area (Å²) in [7, 11) is 0. The van der Waals surface area contributed by atoms with Crippen LogP contribution in [0.4, 0.5) is 8.78 Å². The summed E-state index contributed by atoms with van der Waals surface area (Å²) in [6.07, 6.45) is 0.806. The van der Waals surface area contributed by atoms with Crippen LogP contribution in [0.5, 0.6) is 0 Å². The van der Waals surface area contributed by atoms with Crippen LogP contribution in [-0.4, -0.2) is 23.2 Å². The Morgan fingerprint density at radius 3 is 2.65 bits per heavy atom. The molecule has 3 nitrogen and oxygen atoms in total. The van der Waals surface area contributed by atoms with Gasteiger partial charge in [0.05, 0.1) is 12.5 Å². The highest BCUT2D eigenvalue weighted by atomic mass is 19.2. The van der Waals surface area contributed by atoms with E-state index >= 15 is 0 Å². The van der Waals surface area contributed by atoms with E-state index in [0.29, 0.717) is 18.4 Å². The molecule has 0 atom stereocenters. The Bertz CT molecular complexity index is 431. The molecule has 1 saturated carbocycles. The molecule has 92 valence electrons. The molecule has 0 saturated heterocycles. The van der Waals surface area contributed by atoms with Crippen LogP contribution in [0.1, 0.15) is 18.4 Å². The minimum Gasteiger partial charge on any atom is -0.393 e. The van der Waals surface area contributed by atoms with Crippen molar-refractivity contribution in [2.75, 3.05) is 0 Å². The molecule has 1 aromatic rings. The van der Waals surface area contributed by atoms with Crippen LogP contribution >= 0.6 is 0 Å². The molecule has 1 amide bonds. The lowest BCUT2D eigenvalue weighted by Crippen LogP contribution is -2.47. The minimum absolute atomic E-state index is 0.00259. The fourth-order valence-electron chi connectivity index (χ4n) is 1.82. The van der Waals surface area contributed by atoms with E-state index in [1.165, 1.54) is 6.07 Å². The van der Waals surface area contributed by atoms with E-state index < -0.39 is 11.6 Å². The topological polar surface area (TPSA) is 49.3 Å². The number of carbonyl (C=O) groups excluding carboxylic acids is 1. The number of amides is 1. The summed E-state index contributed by atoms with van der Waals surface area (Å²) in [4.78, 5) is 11.5. The highest BCUT2D eigenvalue weighted by Gasteiger charge is 2.28. The molecule has 2 N–H and O–H groups in total. The lowest BCUT2D eigenvalue weighted by atomic mass is 9.89. The van der Waals surface area contributed by atoms with E-state index in [2.05, 4.69) is 5.32 Å². The first kappa shape index (κ1) is 12.0. The molecule has 0 unspecified atom stereocenters. The molecule has 5 heteroatoms. The third-order valence-electron chi connectivity index (χ3n) is 2.83. The van der Waals surface area contributed by atoms with Crippen molar-refractivity contribution in [3.05, 3.63) is 35.4 Å². The molecular formula is C12H13F2NO2. The number of aliphatic hydroxyl groups is 1. The average molecular weight is 241 g/mol. The second-order valence-electron chi connectivity index (χ2n) is 4.31. The molecule has 1 aliphatic carbocycles. The quantitative estimate of drug-likeness (QED) is 0.834. The van der Waals surface area contributed by atoms with Crippen LogP contribution < -0.4 is 5.32 Å². The highest BCUT2D eigenvalue weighted by Crippen LogP contribution is 2.19. The lowest BCUT2D eigenvalue weighted by molar-refractivity contribution is -0.122. The first-order valence-electron chi connectivity index (χ1n) is 5.46. The van der Waals surface area contributed by atoms with Crippen LogP contribution in [-0.2, 0) is 11.2 Å². The lowest BCUT2D eigenvalue weighted by Gasteiger charge is -2.31. The average Bonchev–Trinajstić information content (AvgIpc) is 2.21. The zero-order valence-corrected chi connectivity index (χ0v) is 9.12. The zero-order valence-electron chi connectivity index (χ0n) is 9.12. The molecule has 1 aromatic carbocycles. The van der Waals surface area contributed by atoms with Gasteiger partial charge in [-0.05, 0) is 30.5 Å². The number of hydrogen-bond donors (Lipinski definition) is 2. The van der Waals surface area contributed by atoms with E-state index in [1.807, 2.05) is 0 Å². The first-order valence-corrected chi connectivity index (χ1v) is 5.46. The molecule has 1 fully saturated rings. The summed E-state index contributed by atoms with van der Waals surface area (Å²) in [6.45, 7) is 0. The molecule has 0 aliphatic heterocycles. The maximum atomic E-state index is 12.9. The van der Waals surface area contributed by atoms with Crippen molar-refractivity contribution in [3.63, 3.8) is 0 Å². The van der Waals surface area contributed by atoms with Crippen molar-refractivity contribution in [1.29, 1.82) is 0 Å². The van der Waals surface area contributed by atoms with Crippen LogP contribution in [0.2, 0.25) is 0 Å². The van der Waals surface area contributed by atoms with Gasteiger partial charge in [-0.1, -0.05) is 6.07 Å². The second kappa shape index (κ2) is 4.79. The third-order valence-corrected chi connectivity index (χ3v) is 2.83. The number of hydrogen-bond acceptors (Lipinski definition) is 2. The fraction of sp³-hybridized carbons (Fsp3) is 0.417. The molecular weight excluding hydrogens is 228 g/mol. The SMILES string of the molecule is O=C(Cc1ccc(F)c(F)c1)NC1CC(O)C1. The minimum atomic E-state index is -0.950. The van der Waals surface area contributed by atoms with Crippen molar-refractivity contribution in [1.82, 2.24) is 5.32 Å². The predicted molar refractivity (Wildman–Crippen MR) is 57.2 cm³/mol.